The first-order valence-corrected chi connectivity index (χ1v) is 5.96. The Kier molecular flexibility index (Phi) is 2.52. The van der Waals surface area contributed by atoms with Gasteiger partial charge < -0.3 is 19.9 Å². The molecule has 7 heteroatoms. The molecule has 1 aliphatic heterocycles. The van der Waals surface area contributed by atoms with Crippen molar-refractivity contribution in [3.8, 4) is 11.5 Å². The summed E-state index contributed by atoms with van der Waals surface area (Å²) in [7, 11) is 0. The zero-order valence-corrected chi connectivity index (χ0v) is 9.86. The first kappa shape index (κ1) is 10.8. The number of hydrogen-bond donors (Lipinski definition) is 2. The van der Waals surface area contributed by atoms with Gasteiger partial charge >= 0.3 is 5.97 Å². The number of carboxylic acid groups (broad SMARTS) is 1. The van der Waals surface area contributed by atoms with Crippen molar-refractivity contribution in [2.75, 3.05) is 12.1 Å². The van der Waals surface area contributed by atoms with Gasteiger partial charge in [-0.1, -0.05) is 0 Å². The average molecular weight is 264 g/mol. The number of ether oxygens (including phenoxy) is 2. The number of nitrogens with zero attached hydrogens (tertiary/aromatic N) is 1. The number of carboxylic acids is 1. The summed E-state index contributed by atoms with van der Waals surface area (Å²) in [6.45, 7) is 0.221. The molecular formula is C11H8N2O4S. The fourth-order valence-corrected chi connectivity index (χ4v) is 2.23. The molecule has 2 N–H and O–H groups in total. The number of aromatic carboxylic acids is 1. The number of carbonyl (C=O) groups is 1. The number of thiazole rings is 1. The van der Waals surface area contributed by atoms with Crippen LogP contribution in [0.4, 0.5) is 10.8 Å². The van der Waals surface area contributed by atoms with Gasteiger partial charge in [0.2, 0.25) is 6.79 Å². The van der Waals surface area contributed by atoms with E-state index >= 15 is 0 Å². The van der Waals surface area contributed by atoms with Crippen molar-refractivity contribution in [3.63, 3.8) is 0 Å². The van der Waals surface area contributed by atoms with Gasteiger partial charge in [0, 0.05) is 17.1 Å². The molecule has 0 unspecified atom stereocenters. The van der Waals surface area contributed by atoms with E-state index in [4.69, 9.17) is 14.6 Å². The summed E-state index contributed by atoms with van der Waals surface area (Å²) in [6.07, 6.45) is 0. The van der Waals surface area contributed by atoms with Gasteiger partial charge in [0.15, 0.2) is 22.3 Å². The maximum Gasteiger partial charge on any atom is 0.355 e. The zero-order chi connectivity index (χ0) is 12.5. The molecule has 2 heterocycles. The fourth-order valence-electron chi connectivity index (χ4n) is 1.53. The van der Waals surface area contributed by atoms with E-state index in [9.17, 15) is 4.79 Å². The van der Waals surface area contributed by atoms with Crippen LogP contribution in [0.3, 0.4) is 0 Å². The van der Waals surface area contributed by atoms with Crippen LogP contribution in [0.15, 0.2) is 23.6 Å². The number of aromatic nitrogens is 1. The van der Waals surface area contributed by atoms with Crippen LogP contribution in [0.25, 0.3) is 0 Å². The Balaban J connectivity index is 1.81. The Hall–Kier alpha value is -2.28. The van der Waals surface area contributed by atoms with E-state index in [1.807, 2.05) is 6.07 Å². The monoisotopic (exact) mass is 264 g/mol. The predicted octanol–water partition coefficient (Wildman–Crippen LogP) is 2.31. The third kappa shape index (κ3) is 1.95. The molecule has 2 aromatic rings. The normalized spacial score (nSPS) is 12.4. The molecule has 0 spiro atoms. The molecule has 0 saturated heterocycles. The first-order chi connectivity index (χ1) is 8.72. The number of benzene rings is 1. The number of nitrogens with one attached hydrogen (secondary N) is 1. The number of fused-ring (bicyclic) bond motifs is 1. The van der Waals surface area contributed by atoms with Gasteiger partial charge in [-0.05, 0) is 12.1 Å². The lowest BCUT2D eigenvalue weighted by Gasteiger charge is -2.03. The van der Waals surface area contributed by atoms with Crippen molar-refractivity contribution in [2.24, 2.45) is 0 Å². The van der Waals surface area contributed by atoms with E-state index in [0.29, 0.717) is 16.6 Å². The number of hydrogen-bond acceptors (Lipinski definition) is 6. The molecule has 0 bridgehead atoms. The Morgan fingerprint density at radius 3 is 3.00 bits per heavy atom. The molecule has 0 saturated carbocycles. The Bertz CT molecular complexity index is 611. The summed E-state index contributed by atoms with van der Waals surface area (Å²) >= 11 is 1.23. The quantitative estimate of drug-likeness (QED) is 0.885. The van der Waals surface area contributed by atoms with Crippen LogP contribution in [0.2, 0.25) is 0 Å². The van der Waals surface area contributed by atoms with Crippen molar-refractivity contribution in [1.82, 2.24) is 4.98 Å². The molecule has 92 valence electrons. The highest BCUT2D eigenvalue weighted by atomic mass is 32.1. The van der Waals surface area contributed by atoms with Crippen LogP contribution in [0, 0.1) is 0 Å². The second-order valence-corrected chi connectivity index (χ2v) is 4.39. The lowest BCUT2D eigenvalue weighted by atomic mass is 10.3. The molecule has 1 aromatic heterocycles. The third-order valence-corrected chi connectivity index (χ3v) is 3.10. The smallest absolute Gasteiger partial charge is 0.355 e. The molecule has 0 atom stereocenters. The Labute approximate surface area is 106 Å². The van der Waals surface area contributed by atoms with Crippen LogP contribution in [0.5, 0.6) is 11.5 Å². The minimum absolute atomic E-state index is 0.0308. The summed E-state index contributed by atoms with van der Waals surface area (Å²) in [4.78, 5) is 14.6. The first-order valence-electron chi connectivity index (χ1n) is 5.08. The summed E-state index contributed by atoms with van der Waals surface area (Å²) in [6, 6.07) is 5.38. The van der Waals surface area contributed by atoms with Crippen molar-refractivity contribution >= 4 is 28.1 Å². The average Bonchev–Trinajstić information content (AvgIpc) is 2.96. The molecule has 0 fully saturated rings. The second-order valence-electron chi connectivity index (χ2n) is 3.54. The molecule has 1 aliphatic rings. The van der Waals surface area contributed by atoms with E-state index in [2.05, 4.69) is 10.3 Å². The van der Waals surface area contributed by atoms with E-state index < -0.39 is 5.97 Å². The van der Waals surface area contributed by atoms with Crippen LogP contribution in [-0.2, 0) is 0 Å². The summed E-state index contributed by atoms with van der Waals surface area (Å²) in [5.74, 6) is 0.325. The fraction of sp³-hybridized carbons (Fsp3) is 0.0909. The van der Waals surface area contributed by atoms with Crippen molar-refractivity contribution in [1.29, 1.82) is 0 Å². The topological polar surface area (TPSA) is 80.7 Å². The SMILES string of the molecule is O=C(O)c1csc(Nc2ccc3c(c2)OCO3)n1. The van der Waals surface area contributed by atoms with Gasteiger partial charge in [-0.2, -0.15) is 0 Å². The van der Waals surface area contributed by atoms with Gasteiger partial charge in [-0.3, -0.25) is 0 Å². The molecular weight excluding hydrogens is 256 g/mol. The number of rotatable bonds is 3. The molecule has 1 aromatic carbocycles. The summed E-state index contributed by atoms with van der Waals surface area (Å²) < 4.78 is 10.4. The van der Waals surface area contributed by atoms with E-state index in [1.165, 1.54) is 16.7 Å². The third-order valence-electron chi connectivity index (χ3n) is 2.35. The van der Waals surface area contributed by atoms with E-state index in [1.54, 1.807) is 12.1 Å². The predicted molar refractivity (Wildman–Crippen MR) is 64.9 cm³/mol. The molecule has 18 heavy (non-hydrogen) atoms. The Morgan fingerprint density at radius 2 is 2.22 bits per heavy atom. The molecule has 0 amide bonds. The van der Waals surface area contributed by atoms with E-state index in [-0.39, 0.29) is 12.5 Å². The summed E-state index contributed by atoms with van der Waals surface area (Å²) in [5, 5.41) is 13.8. The van der Waals surface area contributed by atoms with Gasteiger partial charge in [0.05, 0.1) is 0 Å². The van der Waals surface area contributed by atoms with Crippen molar-refractivity contribution in [2.45, 2.75) is 0 Å². The molecule has 6 nitrogen and oxygen atoms in total. The maximum absolute atomic E-state index is 10.7. The summed E-state index contributed by atoms with van der Waals surface area (Å²) in [5.41, 5.74) is 0.800. The standard InChI is InChI=1S/C11H8N2O4S/c14-10(15)7-4-18-11(13-7)12-6-1-2-8-9(3-6)17-5-16-8/h1-4H,5H2,(H,12,13)(H,14,15). The minimum atomic E-state index is -1.04. The van der Waals surface area contributed by atoms with Crippen molar-refractivity contribution < 1.29 is 19.4 Å². The van der Waals surface area contributed by atoms with Gasteiger partial charge in [0.25, 0.3) is 0 Å². The number of anilines is 2. The second kappa shape index (κ2) is 4.19. The molecule has 3 rings (SSSR count). The van der Waals surface area contributed by atoms with Crippen LogP contribution < -0.4 is 14.8 Å². The van der Waals surface area contributed by atoms with Crippen LogP contribution >= 0.6 is 11.3 Å². The zero-order valence-electron chi connectivity index (χ0n) is 9.04. The molecule has 0 aliphatic carbocycles. The maximum atomic E-state index is 10.7. The lowest BCUT2D eigenvalue weighted by Crippen LogP contribution is -1.97. The van der Waals surface area contributed by atoms with Crippen molar-refractivity contribution in [3.05, 3.63) is 29.3 Å². The van der Waals surface area contributed by atoms with Gasteiger partial charge in [-0.15, -0.1) is 11.3 Å². The van der Waals surface area contributed by atoms with E-state index in [0.717, 1.165) is 5.69 Å². The lowest BCUT2D eigenvalue weighted by molar-refractivity contribution is 0.0691. The van der Waals surface area contributed by atoms with Gasteiger partial charge in [0.1, 0.15) is 0 Å². The minimum Gasteiger partial charge on any atom is -0.476 e. The van der Waals surface area contributed by atoms with Crippen LogP contribution in [-0.4, -0.2) is 22.9 Å². The van der Waals surface area contributed by atoms with Gasteiger partial charge in [-0.25, -0.2) is 9.78 Å². The largest absolute Gasteiger partial charge is 0.476 e. The molecule has 0 radical (unpaired) electrons. The highest BCUT2D eigenvalue weighted by Gasteiger charge is 2.14. The Morgan fingerprint density at radius 1 is 1.39 bits per heavy atom. The highest BCUT2D eigenvalue weighted by Crippen LogP contribution is 2.35. The van der Waals surface area contributed by atoms with Crippen LogP contribution in [0.1, 0.15) is 10.5 Å². The highest BCUT2D eigenvalue weighted by molar-refractivity contribution is 7.14.